The standard InChI is InChI=1S/C25H27NO4/c1-4-29-24-14-13-20(25(27)26-18(2)19-9-6-5-7-10-19)15-21(24)17-30-23-12-8-11-22(16-23)28-3/h5-16,18H,4,17H2,1-3H3,(H,26,27). The van der Waals surface area contributed by atoms with Crippen molar-refractivity contribution < 1.29 is 19.0 Å². The van der Waals surface area contributed by atoms with Crippen molar-refractivity contribution in [3.63, 3.8) is 0 Å². The Morgan fingerprint density at radius 3 is 2.43 bits per heavy atom. The van der Waals surface area contributed by atoms with Gasteiger partial charge in [-0.2, -0.15) is 0 Å². The third-order valence-corrected chi connectivity index (χ3v) is 4.71. The maximum absolute atomic E-state index is 12.8. The van der Waals surface area contributed by atoms with Gasteiger partial charge in [-0.25, -0.2) is 0 Å². The lowest BCUT2D eigenvalue weighted by Crippen LogP contribution is -2.26. The molecule has 0 heterocycles. The van der Waals surface area contributed by atoms with E-state index < -0.39 is 0 Å². The fraction of sp³-hybridized carbons (Fsp3) is 0.240. The van der Waals surface area contributed by atoms with Crippen LogP contribution in [-0.2, 0) is 6.61 Å². The average molecular weight is 405 g/mol. The summed E-state index contributed by atoms with van der Waals surface area (Å²) < 4.78 is 16.9. The lowest BCUT2D eigenvalue weighted by atomic mass is 10.1. The number of nitrogens with one attached hydrogen (secondary N) is 1. The normalized spacial score (nSPS) is 11.4. The van der Waals surface area contributed by atoms with E-state index in [0.717, 1.165) is 16.9 Å². The van der Waals surface area contributed by atoms with Gasteiger partial charge >= 0.3 is 0 Å². The summed E-state index contributed by atoms with van der Waals surface area (Å²) in [6.45, 7) is 4.70. The van der Waals surface area contributed by atoms with E-state index in [9.17, 15) is 4.79 Å². The van der Waals surface area contributed by atoms with Crippen molar-refractivity contribution in [3.8, 4) is 17.2 Å². The van der Waals surface area contributed by atoms with Gasteiger partial charge in [-0.1, -0.05) is 36.4 Å². The molecule has 0 radical (unpaired) electrons. The van der Waals surface area contributed by atoms with Gasteiger partial charge < -0.3 is 19.5 Å². The summed E-state index contributed by atoms with van der Waals surface area (Å²) in [4.78, 5) is 12.8. The topological polar surface area (TPSA) is 56.8 Å². The highest BCUT2D eigenvalue weighted by atomic mass is 16.5. The van der Waals surface area contributed by atoms with Crippen LogP contribution in [0.1, 0.15) is 41.4 Å². The average Bonchev–Trinajstić information content (AvgIpc) is 2.79. The summed E-state index contributed by atoms with van der Waals surface area (Å²) in [6.07, 6.45) is 0. The lowest BCUT2D eigenvalue weighted by Gasteiger charge is -2.16. The first-order chi connectivity index (χ1) is 14.6. The van der Waals surface area contributed by atoms with Crippen molar-refractivity contribution in [1.82, 2.24) is 5.32 Å². The highest BCUT2D eigenvalue weighted by Gasteiger charge is 2.14. The molecule has 156 valence electrons. The van der Waals surface area contributed by atoms with E-state index in [2.05, 4.69) is 5.32 Å². The van der Waals surface area contributed by atoms with Gasteiger partial charge in [0.15, 0.2) is 0 Å². The van der Waals surface area contributed by atoms with Gasteiger partial charge in [0.1, 0.15) is 23.9 Å². The molecule has 5 nitrogen and oxygen atoms in total. The number of carbonyl (C=O) groups is 1. The number of hydrogen-bond acceptors (Lipinski definition) is 4. The fourth-order valence-electron chi connectivity index (χ4n) is 3.09. The Morgan fingerprint density at radius 2 is 1.70 bits per heavy atom. The summed E-state index contributed by atoms with van der Waals surface area (Å²) >= 11 is 0. The first-order valence-corrected chi connectivity index (χ1v) is 9.99. The fourth-order valence-corrected chi connectivity index (χ4v) is 3.09. The second-order valence-corrected chi connectivity index (χ2v) is 6.83. The van der Waals surface area contributed by atoms with Crippen LogP contribution >= 0.6 is 0 Å². The van der Waals surface area contributed by atoms with Crippen molar-refractivity contribution in [3.05, 3.63) is 89.5 Å². The van der Waals surface area contributed by atoms with Gasteiger partial charge in [0.25, 0.3) is 5.91 Å². The van der Waals surface area contributed by atoms with Gasteiger partial charge in [0.05, 0.1) is 19.8 Å². The molecule has 3 aromatic rings. The van der Waals surface area contributed by atoms with Crippen LogP contribution in [0.4, 0.5) is 0 Å². The predicted molar refractivity (Wildman–Crippen MR) is 117 cm³/mol. The molecule has 3 rings (SSSR count). The minimum Gasteiger partial charge on any atom is -0.497 e. The van der Waals surface area contributed by atoms with Gasteiger partial charge in [0.2, 0.25) is 0 Å². The third-order valence-electron chi connectivity index (χ3n) is 4.71. The molecule has 0 saturated heterocycles. The molecular formula is C25H27NO4. The summed E-state index contributed by atoms with van der Waals surface area (Å²) in [5.41, 5.74) is 2.42. The van der Waals surface area contributed by atoms with Gasteiger partial charge in [-0.05, 0) is 49.7 Å². The van der Waals surface area contributed by atoms with E-state index in [0.29, 0.717) is 23.7 Å². The second-order valence-electron chi connectivity index (χ2n) is 6.83. The van der Waals surface area contributed by atoms with Crippen LogP contribution in [0, 0.1) is 0 Å². The molecule has 30 heavy (non-hydrogen) atoms. The first-order valence-electron chi connectivity index (χ1n) is 9.99. The Morgan fingerprint density at radius 1 is 0.933 bits per heavy atom. The van der Waals surface area contributed by atoms with Gasteiger partial charge in [-0.3, -0.25) is 4.79 Å². The van der Waals surface area contributed by atoms with E-state index in [1.165, 1.54) is 0 Å². The van der Waals surface area contributed by atoms with Crippen molar-refractivity contribution >= 4 is 5.91 Å². The van der Waals surface area contributed by atoms with Crippen molar-refractivity contribution in [2.24, 2.45) is 0 Å². The predicted octanol–water partition coefficient (Wildman–Crippen LogP) is 5.16. The van der Waals surface area contributed by atoms with Crippen LogP contribution in [-0.4, -0.2) is 19.6 Å². The summed E-state index contributed by atoms with van der Waals surface area (Å²) in [6, 6.07) is 22.6. The zero-order chi connectivity index (χ0) is 21.3. The largest absolute Gasteiger partial charge is 0.497 e. The number of methoxy groups -OCH3 is 1. The third kappa shape index (κ3) is 5.54. The van der Waals surface area contributed by atoms with Crippen LogP contribution < -0.4 is 19.5 Å². The molecule has 0 bridgehead atoms. The number of amides is 1. The second kappa shape index (κ2) is 10.3. The molecule has 0 saturated carbocycles. The molecule has 0 fully saturated rings. The van der Waals surface area contributed by atoms with E-state index in [1.54, 1.807) is 13.2 Å². The molecule has 0 spiro atoms. The van der Waals surface area contributed by atoms with Crippen LogP contribution in [0.5, 0.6) is 17.2 Å². The van der Waals surface area contributed by atoms with Gasteiger partial charge in [-0.15, -0.1) is 0 Å². The monoisotopic (exact) mass is 405 g/mol. The maximum atomic E-state index is 12.8. The lowest BCUT2D eigenvalue weighted by molar-refractivity contribution is 0.0939. The van der Waals surface area contributed by atoms with E-state index in [-0.39, 0.29) is 18.6 Å². The molecular weight excluding hydrogens is 378 g/mol. The van der Waals surface area contributed by atoms with Crippen molar-refractivity contribution in [1.29, 1.82) is 0 Å². The minimum absolute atomic E-state index is 0.0956. The Bertz CT molecular complexity index is 972. The molecule has 5 heteroatoms. The van der Waals surface area contributed by atoms with Gasteiger partial charge in [0, 0.05) is 17.2 Å². The Labute approximate surface area is 177 Å². The van der Waals surface area contributed by atoms with E-state index in [1.807, 2.05) is 80.6 Å². The minimum atomic E-state index is -0.142. The molecule has 0 aliphatic carbocycles. The Balaban J connectivity index is 1.75. The quantitative estimate of drug-likeness (QED) is 0.534. The van der Waals surface area contributed by atoms with Crippen LogP contribution in [0.25, 0.3) is 0 Å². The molecule has 0 aliphatic rings. The molecule has 0 aliphatic heterocycles. The maximum Gasteiger partial charge on any atom is 0.251 e. The molecule has 1 amide bonds. The summed E-state index contributed by atoms with van der Waals surface area (Å²) in [5.74, 6) is 1.97. The molecule has 1 N–H and O–H groups in total. The number of rotatable bonds is 9. The molecule has 0 aromatic heterocycles. The smallest absolute Gasteiger partial charge is 0.251 e. The molecule has 1 atom stereocenters. The van der Waals surface area contributed by atoms with E-state index >= 15 is 0 Å². The zero-order valence-electron chi connectivity index (χ0n) is 17.6. The number of ether oxygens (including phenoxy) is 3. The van der Waals surface area contributed by atoms with Crippen LogP contribution in [0.15, 0.2) is 72.8 Å². The van der Waals surface area contributed by atoms with E-state index in [4.69, 9.17) is 14.2 Å². The highest BCUT2D eigenvalue weighted by molar-refractivity contribution is 5.94. The molecule has 1 unspecified atom stereocenters. The Hall–Kier alpha value is -3.47. The SMILES string of the molecule is CCOc1ccc(C(=O)NC(C)c2ccccc2)cc1COc1cccc(OC)c1. The number of carbonyl (C=O) groups excluding carboxylic acids is 1. The summed E-state index contributed by atoms with van der Waals surface area (Å²) in [5, 5.41) is 3.04. The van der Waals surface area contributed by atoms with Crippen LogP contribution in [0.2, 0.25) is 0 Å². The Kier molecular flexibility index (Phi) is 7.33. The number of benzene rings is 3. The molecule has 3 aromatic carbocycles. The first kappa shape index (κ1) is 21.2. The number of hydrogen-bond donors (Lipinski definition) is 1. The summed E-state index contributed by atoms with van der Waals surface area (Å²) in [7, 11) is 1.62. The zero-order valence-corrected chi connectivity index (χ0v) is 17.6. The van der Waals surface area contributed by atoms with Crippen molar-refractivity contribution in [2.45, 2.75) is 26.5 Å². The highest BCUT2D eigenvalue weighted by Crippen LogP contribution is 2.25. The van der Waals surface area contributed by atoms with Crippen LogP contribution in [0.3, 0.4) is 0 Å². The van der Waals surface area contributed by atoms with Crippen molar-refractivity contribution in [2.75, 3.05) is 13.7 Å².